The summed E-state index contributed by atoms with van der Waals surface area (Å²) in [6.45, 7) is 0. The van der Waals surface area contributed by atoms with Crippen LogP contribution in [0.4, 0.5) is 0 Å². The molecule has 0 saturated heterocycles. The Morgan fingerprint density at radius 3 is 2.73 bits per heavy atom. The zero-order chi connectivity index (χ0) is 10.7. The van der Waals surface area contributed by atoms with Gasteiger partial charge in [-0.05, 0) is 36.0 Å². The van der Waals surface area contributed by atoms with Crippen LogP contribution in [0.3, 0.4) is 0 Å². The van der Waals surface area contributed by atoms with Gasteiger partial charge in [-0.15, -0.1) is 0 Å². The molecule has 0 amide bonds. The fourth-order valence-electron chi connectivity index (χ4n) is 2.31. The fraction of sp³-hybridized carbons (Fsp3) is 0.417. The molecule has 80 valence electrons. The number of nitrogens with one attached hydrogen (secondary N) is 1. The Labute approximate surface area is 88.8 Å². The molecule has 0 atom stereocenters. The van der Waals surface area contributed by atoms with Gasteiger partial charge in [0.05, 0.1) is 0 Å². The maximum absolute atomic E-state index is 10.8. The summed E-state index contributed by atoms with van der Waals surface area (Å²) >= 11 is 0. The van der Waals surface area contributed by atoms with Crippen LogP contribution in [0.15, 0.2) is 24.5 Å². The predicted octanol–water partition coefficient (Wildman–Crippen LogP) is 2.67. The highest BCUT2D eigenvalue weighted by molar-refractivity contribution is 5.90. The molecule has 2 rings (SSSR count). The molecule has 1 aromatic heterocycles. The first-order valence-electron chi connectivity index (χ1n) is 5.35. The van der Waals surface area contributed by atoms with Gasteiger partial charge in [-0.1, -0.05) is 12.8 Å². The van der Waals surface area contributed by atoms with Crippen molar-refractivity contribution in [1.29, 1.82) is 0 Å². The summed E-state index contributed by atoms with van der Waals surface area (Å²) in [5, 5.41) is 8.86. The molecule has 0 aromatic carbocycles. The number of rotatable bonds is 3. The molecule has 2 N–H and O–H groups in total. The number of hydrogen-bond donors (Lipinski definition) is 2. The second-order valence-corrected chi connectivity index (χ2v) is 4.02. The van der Waals surface area contributed by atoms with Gasteiger partial charge in [-0.25, -0.2) is 4.79 Å². The van der Waals surface area contributed by atoms with Crippen LogP contribution in [0, 0.1) is 5.92 Å². The Balaban J connectivity index is 2.27. The standard InChI is InChI=1S/C12H15NO2/c14-12(15)7-11(9-3-1-2-4-9)10-5-6-13-8-10/h5-9,13H,1-4H2,(H,14,15)/b11-7+. The number of aromatic nitrogens is 1. The van der Waals surface area contributed by atoms with Gasteiger partial charge in [0.25, 0.3) is 0 Å². The van der Waals surface area contributed by atoms with E-state index in [1.54, 1.807) is 0 Å². The van der Waals surface area contributed by atoms with Crippen molar-refractivity contribution in [2.45, 2.75) is 25.7 Å². The summed E-state index contributed by atoms with van der Waals surface area (Å²) in [6, 6.07) is 1.94. The molecule has 1 aliphatic rings. The van der Waals surface area contributed by atoms with Crippen LogP contribution in [0.2, 0.25) is 0 Å². The first-order chi connectivity index (χ1) is 7.27. The third kappa shape index (κ3) is 2.29. The molecule has 15 heavy (non-hydrogen) atoms. The third-order valence-corrected chi connectivity index (χ3v) is 3.01. The van der Waals surface area contributed by atoms with Crippen molar-refractivity contribution in [1.82, 2.24) is 4.98 Å². The van der Waals surface area contributed by atoms with Crippen molar-refractivity contribution >= 4 is 11.5 Å². The summed E-state index contributed by atoms with van der Waals surface area (Å²) in [7, 11) is 0. The maximum Gasteiger partial charge on any atom is 0.328 e. The lowest BCUT2D eigenvalue weighted by atomic mass is 9.92. The smallest absolute Gasteiger partial charge is 0.328 e. The van der Waals surface area contributed by atoms with E-state index in [-0.39, 0.29) is 0 Å². The van der Waals surface area contributed by atoms with E-state index in [0.29, 0.717) is 5.92 Å². The van der Waals surface area contributed by atoms with Gasteiger partial charge in [0.2, 0.25) is 0 Å². The number of H-pyrrole nitrogens is 1. The first-order valence-corrected chi connectivity index (χ1v) is 5.35. The zero-order valence-corrected chi connectivity index (χ0v) is 8.57. The van der Waals surface area contributed by atoms with Crippen LogP contribution in [0.25, 0.3) is 5.57 Å². The normalized spacial score (nSPS) is 18.3. The van der Waals surface area contributed by atoms with Crippen molar-refractivity contribution in [2.75, 3.05) is 0 Å². The number of allylic oxidation sites excluding steroid dienone is 1. The van der Waals surface area contributed by atoms with Crippen LogP contribution in [-0.2, 0) is 4.79 Å². The molecule has 1 fully saturated rings. The van der Waals surface area contributed by atoms with E-state index in [1.165, 1.54) is 18.9 Å². The Morgan fingerprint density at radius 2 is 2.20 bits per heavy atom. The minimum Gasteiger partial charge on any atom is -0.478 e. The van der Waals surface area contributed by atoms with Crippen LogP contribution < -0.4 is 0 Å². The van der Waals surface area contributed by atoms with Gasteiger partial charge in [-0.3, -0.25) is 0 Å². The molecule has 1 aliphatic carbocycles. The Kier molecular flexibility index (Phi) is 2.90. The fourth-order valence-corrected chi connectivity index (χ4v) is 2.31. The first kappa shape index (κ1) is 10.0. The Hall–Kier alpha value is -1.51. The lowest BCUT2D eigenvalue weighted by Crippen LogP contribution is -2.01. The van der Waals surface area contributed by atoms with Crippen molar-refractivity contribution in [2.24, 2.45) is 5.92 Å². The monoisotopic (exact) mass is 205 g/mol. The SMILES string of the molecule is O=C(O)/C=C(/c1cc[nH]c1)C1CCCC1. The van der Waals surface area contributed by atoms with Gasteiger partial charge in [-0.2, -0.15) is 0 Å². The van der Waals surface area contributed by atoms with Gasteiger partial charge in [0.1, 0.15) is 0 Å². The van der Waals surface area contributed by atoms with E-state index < -0.39 is 5.97 Å². The van der Waals surface area contributed by atoms with Crippen LogP contribution >= 0.6 is 0 Å². The number of aromatic amines is 1. The molecule has 3 heteroatoms. The second kappa shape index (κ2) is 4.34. The van der Waals surface area contributed by atoms with E-state index in [0.717, 1.165) is 24.0 Å². The highest BCUT2D eigenvalue weighted by Crippen LogP contribution is 2.36. The molecule has 3 nitrogen and oxygen atoms in total. The molecule has 1 aromatic rings. The van der Waals surface area contributed by atoms with Gasteiger partial charge in [0, 0.05) is 18.5 Å². The largest absolute Gasteiger partial charge is 0.478 e. The number of carboxylic acid groups (broad SMARTS) is 1. The number of carboxylic acids is 1. The highest BCUT2D eigenvalue weighted by atomic mass is 16.4. The topological polar surface area (TPSA) is 53.1 Å². The third-order valence-electron chi connectivity index (χ3n) is 3.01. The van der Waals surface area contributed by atoms with Gasteiger partial charge in [0.15, 0.2) is 0 Å². The lowest BCUT2D eigenvalue weighted by Gasteiger charge is -2.12. The van der Waals surface area contributed by atoms with E-state index in [9.17, 15) is 4.79 Å². The lowest BCUT2D eigenvalue weighted by molar-refractivity contribution is -0.131. The van der Waals surface area contributed by atoms with Crippen LogP contribution in [0.1, 0.15) is 31.2 Å². The van der Waals surface area contributed by atoms with Crippen molar-refractivity contribution in [3.05, 3.63) is 30.1 Å². The predicted molar refractivity (Wildman–Crippen MR) is 58.4 cm³/mol. The van der Waals surface area contributed by atoms with Crippen LogP contribution in [0.5, 0.6) is 0 Å². The summed E-state index contributed by atoms with van der Waals surface area (Å²) in [5.41, 5.74) is 1.99. The summed E-state index contributed by atoms with van der Waals surface area (Å²) in [6.07, 6.45) is 9.72. The van der Waals surface area contributed by atoms with E-state index in [1.807, 2.05) is 18.5 Å². The molecule has 0 radical (unpaired) electrons. The number of hydrogen-bond acceptors (Lipinski definition) is 1. The summed E-state index contributed by atoms with van der Waals surface area (Å²) in [4.78, 5) is 13.7. The molecule has 1 saturated carbocycles. The maximum atomic E-state index is 10.8. The average molecular weight is 205 g/mol. The highest BCUT2D eigenvalue weighted by Gasteiger charge is 2.21. The minimum atomic E-state index is -0.849. The van der Waals surface area contributed by atoms with E-state index in [2.05, 4.69) is 4.98 Å². The van der Waals surface area contributed by atoms with Crippen molar-refractivity contribution in [3.63, 3.8) is 0 Å². The Morgan fingerprint density at radius 1 is 1.47 bits per heavy atom. The molecular weight excluding hydrogens is 190 g/mol. The van der Waals surface area contributed by atoms with E-state index >= 15 is 0 Å². The number of carbonyl (C=O) groups is 1. The minimum absolute atomic E-state index is 0.428. The van der Waals surface area contributed by atoms with Gasteiger partial charge >= 0.3 is 5.97 Å². The second-order valence-electron chi connectivity index (χ2n) is 4.02. The zero-order valence-electron chi connectivity index (χ0n) is 8.57. The number of aliphatic carboxylic acids is 1. The van der Waals surface area contributed by atoms with Gasteiger partial charge < -0.3 is 10.1 Å². The average Bonchev–Trinajstić information content (AvgIpc) is 2.87. The summed E-state index contributed by atoms with van der Waals surface area (Å²) in [5.74, 6) is -0.421. The molecule has 0 bridgehead atoms. The van der Waals surface area contributed by atoms with Crippen LogP contribution in [-0.4, -0.2) is 16.1 Å². The Bertz CT molecular complexity index is 359. The quantitative estimate of drug-likeness (QED) is 0.745. The molecule has 1 heterocycles. The molecule has 0 spiro atoms. The summed E-state index contributed by atoms with van der Waals surface area (Å²) < 4.78 is 0. The van der Waals surface area contributed by atoms with Crippen molar-refractivity contribution < 1.29 is 9.90 Å². The van der Waals surface area contributed by atoms with Crippen molar-refractivity contribution in [3.8, 4) is 0 Å². The molecular formula is C12H15NO2. The molecule has 0 unspecified atom stereocenters. The molecule has 0 aliphatic heterocycles. The van der Waals surface area contributed by atoms with E-state index in [4.69, 9.17) is 5.11 Å².